The van der Waals surface area contributed by atoms with E-state index in [1.54, 1.807) is 12.4 Å². The first-order valence-corrected chi connectivity index (χ1v) is 4.33. The van der Waals surface area contributed by atoms with Gasteiger partial charge in [0.05, 0.1) is 11.2 Å². The van der Waals surface area contributed by atoms with Gasteiger partial charge in [0.25, 0.3) is 0 Å². The van der Waals surface area contributed by atoms with E-state index >= 15 is 0 Å². The second-order valence-corrected chi connectivity index (χ2v) is 2.27. The Morgan fingerprint density at radius 2 is 1.77 bits per heavy atom. The number of aromatic nitrogens is 2. The van der Waals surface area contributed by atoms with Crippen molar-refractivity contribution in [2.24, 2.45) is 0 Å². The third-order valence-electron chi connectivity index (χ3n) is 1.53. The molecule has 0 unspecified atom stereocenters. The molecule has 1 heterocycles. The van der Waals surface area contributed by atoms with E-state index in [0.29, 0.717) is 5.69 Å². The van der Waals surface area contributed by atoms with Crippen molar-refractivity contribution in [2.75, 3.05) is 5.73 Å². The molecular weight excluding hydrogens is 162 g/mol. The fraction of sp³-hybridized carbons (Fsp3) is 0.200. The highest BCUT2D eigenvalue weighted by Gasteiger charge is 1.95. The van der Waals surface area contributed by atoms with Crippen molar-refractivity contribution in [2.45, 2.75) is 13.8 Å². The Morgan fingerprint density at radius 1 is 1.08 bits per heavy atom. The minimum atomic E-state index is 0.676. The summed E-state index contributed by atoms with van der Waals surface area (Å²) in [6, 6.07) is 5.57. The Morgan fingerprint density at radius 3 is 2.46 bits per heavy atom. The fourth-order valence-corrected chi connectivity index (χ4v) is 1.02. The number of nitrogens with zero attached hydrogens (tertiary/aromatic N) is 2. The summed E-state index contributed by atoms with van der Waals surface area (Å²) in [7, 11) is 0. The predicted octanol–water partition coefficient (Wildman–Crippen LogP) is 2.24. The van der Waals surface area contributed by atoms with Gasteiger partial charge in [-0.1, -0.05) is 19.9 Å². The van der Waals surface area contributed by atoms with Crippen molar-refractivity contribution in [3.05, 3.63) is 30.6 Å². The van der Waals surface area contributed by atoms with E-state index in [1.807, 2.05) is 32.0 Å². The first kappa shape index (κ1) is 9.45. The van der Waals surface area contributed by atoms with E-state index in [1.165, 1.54) is 0 Å². The average Bonchev–Trinajstić information content (AvgIpc) is 2.22. The summed E-state index contributed by atoms with van der Waals surface area (Å²) in [6.07, 6.45) is 3.29. The van der Waals surface area contributed by atoms with Crippen LogP contribution in [0.25, 0.3) is 11.0 Å². The molecular formula is C10H13N3. The van der Waals surface area contributed by atoms with Crippen LogP contribution in [0.1, 0.15) is 13.8 Å². The van der Waals surface area contributed by atoms with Crippen molar-refractivity contribution in [1.29, 1.82) is 0 Å². The van der Waals surface area contributed by atoms with Crippen LogP contribution >= 0.6 is 0 Å². The summed E-state index contributed by atoms with van der Waals surface area (Å²) in [5.41, 5.74) is 7.94. The molecule has 0 atom stereocenters. The van der Waals surface area contributed by atoms with E-state index in [2.05, 4.69) is 9.97 Å². The molecule has 2 N–H and O–H groups in total. The molecule has 0 radical (unpaired) electrons. The number of hydrogen-bond acceptors (Lipinski definition) is 3. The van der Waals surface area contributed by atoms with E-state index in [4.69, 9.17) is 5.73 Å². The van der Waals surface area contributed by atoms with Gasteiger partial charge in [-0.2, -0.15) is 0 Å². The van der Waals surface area contributed by atoms with Crippen LogP contribution in [-0.4, -0.2) is 9.97 Å². The number of hydrogen-bond donors (Lipinski definition) is 1. The Hall–Kier alpha value is -1.64. The molecule has 0 aliphatic rings. The van der Waals surface area contributed by atoms with Gasteiger partial charge in [-0.3, -0.25) is 9.97 Å². The monoisotopic (exact) mass is 175 g/mol. The summed E-state index contributed by atoms with van der Waals surface area (Å²) in [5.74, 6) is 0. The topological polar surface area (TPSA) is 51.8 Å². The maximum absolute atomic E-state index is 5.65. The maximum Gasteiger partial charge on any atom is 0.112 e. The fourth-order valence-electron chi connectivity index (χ4n) is 1.02. The minimum Gasteiger partial charge on any atom is -0.397 e. The van der Waals surface area contributed by atoms with Crippen LogP contribution in [0, 0.1) is 0 Å². The summed E-state index contributed by atoms with van der Waals surface area (Å²) >= 11 is 0. The van der Waals surface area contributed by atoms with Gasteiger partial charge in [0.15, 0.2) is 0 Å². The van der Waals surface area contributed by atoms with E-state index in [0.717, 1.165) is 11.0 Å². The van der Waals surface area contributed by atoms with E-state index < -0.39 is 0 Å². The summed E-state index contributed by atoms with van der Waals surface area (Å²) in [5, 5.41) is 0. The molecule has 0 spiro atoms. The summed E-state index contributed by atoms with van der Waals surface area (Å²) in [4.78, 5) is 8.19. The zero-order valence-corrected chi connectivity index (χ0v) is 7.86. The van der Waals surface area contributed by atoms with E-state index in [9.17, 15) is 0 Å². The second kappa shape index (κ2) is 4.40. The molecule has 0 bridgehead atoms. The highest BCUT2D eigenvalue weighted by molar-refractivity contribution is 5.85. The van der Waals surface area contributed by atoms with Crippen molar-refractivity contribution in [3.63, 3.8) is 0 Å². The van der Waals surface area contributed by atoms with Gasteiger partial charge in [-0.05, 0) is 12.1 Å². The van der Waals surface area contributed by atoms with Crippen LogP contribution in [0.5, 0.6) is 0 Å². The lowest BCUT2D eigenvalue weighted by molar-refractivity contribution is 1.30. The highest BCUT2D eigenvalue weighted by Crippen LogP contribution is 2.14. The van der Waals surface area contributed by atoms with Crippen LogP contribution in [-0.2, 0) is 0 Å². The lowest BCUT2D eigenvalue weighted by atomic mass is 10.2. The third kappa shape index (κ3) is 1.93. The molecule has 68 valence electrons. The number of rotatable bonds is 0. The molecule has 0 saturated heterocycles. The summed E-state index contributed by atoms with van der Waals surface area (Å²) < 4.78 is 0. The van der Waals surface area contributed by atoms with Gasteiger partial charge in [0.2, 0.25) is 0 Å². The number of benzene rings is 1. The van der Waals surface area contributed by atoms with Crippen molar-refractivity contribution < 1.29 is 0 Å². The van der Waals surface area contributed by atoms with Crippen molar-refractivity contribution >= 4 is 16.7 Å². The van der Waals surface area contributed by atoms with Crippen LogP contribution in [0.15, 0.2) is 30.6 Å². The minimum absolute atomic E-state index is 0.676. The molecule has 0 fully saturated rings. The predicted molar refractivity (Wildman–Crippen MR) is 55.3 cm³/mol. The molecule has 13 heavy (non-hydrogen) atoms. The maximum atomic E-state index is 5.65. The van der Waals surface area contributed by atoms with Crippen molar-refractivity contribution in [1.82, 2.24) is 9.97 Å². The largest absolute Gasteiger partial charge is 0.397 e. The Bertz CT molecular complexity index is 379. The van der Waals surface area contributed by atoms with Crippen LogP contribution in [0.3, 0.4) is 0 Å². The zero-order chi connectivity index (χ0) is 9.68. The van der Waals surface area contributed by atoms with Gasteiger partial charge < -0.3 is 5.73 Å². The lowest BCUT2D eigenvalue weighted by Crippen LogP contribution is -1.89. The van der Waals surface area contributed by atoms with Crippen LogP contribution in [0.2, 0.25) is 0 Å². The molecule has 2 aromatic rings. The zero-order valence-electron chi connectivity index (χ0n) is 7.86. The second-order valence-electron chi connectivity index (χ2n) is 2.27. The first-order valence-electron chi connectivity index (χ1n) is 4.33. The quantitative estimate of drug-likeness (QED) is 0.625. The van der Waals surface area contributed by atoms with E-state index in [-0.39, 0.29) is 0 Å². The van der Waals surface area contributed by atoms with Crippen LogP contribution in [0.4, 0.5) is 5.69 Å². The SMILES string of the molecule is CC.Nc1cccc2nccnc12. The Labute approximate surface area is 77.6 Å². The molecule has 2 rings (SSSR count). The Balaban J connectivity index is 0.000000396. The van der Waals surface area contributed by atoms with Gasteiger partial charge in [0.1, 0.15) is 5.52 Å². The summed E-state index contributed by atoms with van der Waals surface area (Å²) in [6.45, 7) is 4.00. The number of fused-ring (bicyclic) bond motifs is 1. The third-order valence-corrected chi connectivity index (χ3v) is 1.53. The number of nitrogens with two attached hydrogens (primary N) is 1. The Kier molecular flexibility index (Phi) is 3.20. The number of para-hydroxylation sites is 1. The lowest BCUT2D eigenvalue weighted by Gasteiger charge is -1.96. The average molecular weight is 175 g/mol. The standard InChI is InChI=1S/C8H7N3.C2H6/c9-6-2-1-3-7-8(6)11-5-4-10-7;1-2/h1-5H,9H2;1-2H3. The van der Waals surface area contributed by atoms with Gasteiger partial charge in [-0.15, -0.1) is 0 Å². The van der Waals surface area contributed by atoms with Crippen molar-refractivity contribution in [3.8, 4) is 0 Å². The smallest absolute Gasteiger partial charge is 0.112 e. The molecule has 3 heteroatoms. The first-order chi connectivity index (χ1) is 6.38. The van der Waals surface area contributed by atoms with Crippen LogP contribution < -0.4 is 5.73 Å². The molecule has 3 nitrogen and oxygen atoms in total. The van der Waals surface area contributed by atoms with Gasteiger partial charge >= 0.3 is 0 Å². The molecule has 1 aromatic heterocycles. The molecule has 1 aromatic carbocycles. The highest BCUT2D eigenvalue weighted by atomic mass is 14.8. The number of anilines is 1. The number of nitrogen functional groups attached to an aromatic ring is 1. The molecule has 0 saturated carbocycles. The molecule has 0 aliphatic carbocycles. The van der Waals surface area contributed by atoms with Gasteiger partial charge in [-0.25, -0.2) is 0 Å². The molecule has 0 aliphatic heterocycles. The van der Waals surface area contributed by atoms with Gasteiger partial charge in [0, 0.05) is 12.4 Å². The normalized spacial score (nSPS) is 9.08. The molecule has 0 amide bonds.